The Bertz CT molecular complexity index is 1450. The van der Waals surface area contributed by atoms with Gasteiger partial charge in [-0.15, -0.1) is 0 Å². The second-order valence-corrected chi connectivity index (χ2v) is 10.8. The lowest BCUT2D eigenvalue weighted by Gasteiger charge is -2.31. The summed E-state index contributed by atoms with van der Waals surface area (Å²) in [5.41, 5.74) is 6.02. The molecular weight excluding hydrogens is 408 g/mol. The predicted molar refractivity (Wildman–Crippen MR) is 125 cm³/mol. The largest absolute Gasteiger partial charge is 0.448 e. The average Bonchev–Trinajstić information content (AvgIpc) is 3.15. The molecule has 6 rings (SSSR count). The van der Waals surface area contributed by atoms with Crippen LogP contribution in [0, 0.1) is 22.7 Å². The number of nitriles is 2. The molecule has 0 amide bonds. The summed E-state index contributed by atoms with van der Waals surface area (Å²) in [4.78, 5) is 0. The van der Waals surface area contributed by atoms with E-state index in [9.17, 15) is 10.5 Å². The third-order valence-corrected chi connectivity index (χ3v) is 7.76. The Hall–Kier alpha value is -3.76. The zero-order valence-electron chi connectivity index (χ0n) is 19.2. The van der Waals surface area contributed by atoms with Gasteiger partial charge in [-0.05, 0) is 70.2 Å². The van der Waals surface area contributed by atoms with Gasteiger partial charge in [-0.3, -0.25) is 0 Å². The standard InChI is InChI=1S/C29H24N2O2/c1-27(2)15-29(20-8-6-5-7-19(20)27)16-28(3,4)21-11-23-24(12-22(21)29)33-26-18(14-31)10-9-17(13-30)25(26)32-23/h5-12H,15-16H2,1-4H3. The average molecular weight is 433 g/mol. The number of fused-ring (bicyclic) bond motifs is 6. The maximum absolute atomic E-state index is 9.59. The van der Waals surface area contributed by atoms with Gasteiger partial charge in [0.25, 0.3) is 0 Å². The van der Waals surface area contributed by atoms with Gasteiger partial charge in [0.1, 0.15) is 12.1 Å². The molecule has 0 saturated carbocycles. The smallest absolute Gasteiger partial charge is 0.189 e. The van der Waals surface area contributed by atoms with E-state index in [0.29, 0.717) is 34.1 Å². The molecule has 4 heteroatoms. The van der Waals surface area contributed by atoms with Crippen LogP contribution in [0.15, 0.2) is 48.5 Å². The maximum Gasteiger partial charge on any atom is 0.189 e. The highest BCUT2D eigenvalue weighted by Crippen LogP contribution is 2.64. The molecule has 0 aromatic heterocycles. The van der Waals surface area contributed by atoms with Crippen molar-refractivity contribution in [1.82, 2.24) is 0 Å². The zero-order chi connectivity index (χ0) is 23.2. The van der Waals surface area contributed by atoms with Crippen molar-refractivity contribution in [3.63, 3.8) is 0 Å². The molecule has 0 saturated heterocycles. The lowest BCUT2D eigenvalue weighted by molar-refractivity contribution is 0.348. The van der Waals surface area contributed by atoms with Crippen molar-refractivity contribution in [3.05, 3.63) is 81.9 Å². The van der Waals surface area contributed by atoms with Gasteiger partial charge in [-0.25, -0.2) is 0 Å². The number of nitrogens with zero attached hydrogens (tertiary/aromatic N) is 2. The minimum atomic E-state index is -0.0931. The predicted octanol–water partition coefficient (Wildman–Crippen LogP) is 6.98. The van der Waals surface area contributed by atoms with Crippen LogP contribution in [0.1, 0.15) is 73.9 Å². The van der Waals surface area contributed by atoms with E-state index in [1.54, 1.807) is 12.1 Å². The Morgan fingerprint density at radius 2 is 1.15 bits per heavy atom. The van der Waals surface area contributed by atoms with E-state index >= 15 is 0 Å². The summed E-state index contributed by atoms with van der Waals surface area (Å²) >= 11 is 0. The summed E-state index contributed by atoms with van der Waals surface area (Å²) < 4.78 is 12.5. The van der Waals surface area contributed by atoms with Gasteiger partial charge < -0.3 is 9.47 Å². The number of hydrogen-bond donors (Lipinski definition) is 0. The van der Waals surface area contributed by atoms with Crippen LogP contribution in [-0.4, -0.2) is 0 Å². The molecule has 1 heterocycles. The summed E-state index contributed by atoms with van der Waals surface area (Å²) in [6.07, 6.45) is 2.05. The van der Waals surface area contributed by atoms with Crippen LogP contribution in [0.5, 0.6) is 23.0 Å². The first-order chi connectivity index (χ1) is 15.7. The van der Waals surface area contributed by atoms with Gasteiger partial charge in [0, 0.05) is 5.41 Å². The first-order valence-corrected chi connectivity index (χ1v) is 11.3. The lowest BCUT2D eigenvalue weighted by Crippen LogP contribution is -2.27. The van der Waals surface area contributed by atoms with Gasteiger partial charge in [0.2, 0.25) is 0 Å². The quantitative estimate of drug-likeness (QED) is 0.301. The van der Waals surface area contributed by atoms with Gasteiger partial charge in [-0.1, -0.05) is 52.0 Å². The van der Waals surface area contributed by atoms with Crippen molar-refractivity contribution in [2.24, 2.45) is 0 Å². The molecule has 162 valence electrons. The highest BCUT2D eigenvalue weighted by Gasteiger charge is 2.56. The minimum absolute atomic E-state index is 0.0475. The Kier molecular flexibility index (Phi) is 3.72. The third kappa shape index (κ3) is 2.50. The molecule has 3 aliphatic rings. The second-order valence-electron chi connectivity index (χ2n) is 10.8. The number of hydrogen-bond acceptors (Lipinski definition) is 4. The summed E-state index contributed by atoms with van der Waals surface area (Å²) in [6.45, 7) is 9.27. The van der Waals surface area contributed by atoms with Crippen molar-refractivity contribution in [2.75, 3.05) is 0 Å². The van der Waals surface area contributed by atoms with Crippen molar-refractivity contribution in [1.29, 1.82) is 10.5 Å². The number of rotatable bonds is 0. The molecule has 4 nitrogen and oxygen atoms in total. The molecule has 1 unspecified atom stereocenters. The third-order valence-electron chi connectivity index (χ3n) is 7.76. The van der Waals surface area contributed by atoms with Crippen LogP contribution in [0.4, 0.5) is 0 Å². The van der Waals surface area contributed by atoms with Gasteiger partial charge in [0.15, 0.2) is 23.0 Å². The Balaban J connectivity index is 1.58. The molecule has 0 bridgehead atoms. The fraction of sp³-hybridized carbons (Fsp3) is 0.310. The van der Waals surface area contributed by atoms with E-state index in [-0.39, 0.29) is 16.2 Å². The molecule has 2 aliphatic carbocycles. The van der Waals surface area contributed by atoms with E-state index in [2.05, 4.69) is 76.2 Å². The number of benzene rings is 3. The van der Waals surface area contributed by atoms with E-state index in [1.807, 2.05) is 0 Å². The lowest BCUT2D eigenvalue weighted by atomic mass is 9.72. The molecule has 1 aliphatic heterocycles. The van der Waals surface area contributed by atoms with Gasteiger partial charge in [0.05, 0.1) is 11.1 Å². The molecule has 1 atom stereocenters. The van der Waals surface area contributed by atoms with Crippen LogP contribution in [0.25, 0.3) is 0 Å². The van der Waals surface area contributed by atoms with Gasteiger partial charge >= 0.3 is 0 Å². The van der Waals surface area contributed by atoms with Crippen molar-refractivity contribution in [3.8, 4) is 35.1 Å². The van der Waals surface area contributed by atoms with Crippen molar-refractivity contribution >= 4 is 0 Å². The molecule has 3 aromatic rings. The highest BCUT2D eigenvalue weighted by molar-refractivity contribution is 5.69. The SMILES string of the molecule is CC1(C)CC2(CC(C)(C)c3cc4c(cc32)Oc2c(C#N)ccc(C#N)c2O4)c2ccccc21. The summed E-state index contributed by atoms with van der Waals surface area (Å²) in [5, 5.41) is 19.2. The molecule has 0 radical (unpaired) electrons. The fourth-order valence-electron chi connectivity index (χ4n) is 6.62. The molecule has 33 heavy (non-hydrogen) atoms. The van der Waals surface area contributed by atoms with E-state index in [4.69, 9.17) is 9.47 Å². The Morgan fingerprint density at radius 1 is 0.667 bits per heavy atom. The first kappa shape index (κ1) is 19.9. The molecule has 0 N–H and O–H groups in total. The normalized spacial score (nSPS) is 22.1. The molecule has 0 fully saturated rings. The number of ether oxygens (including phenoxy) is 2. The van der Waals surface area contributed by atoms with Crippen LogP contribution >= 0.6 is 0 Å². The summed E-state index contributed by atoms with van der Waals surface area (Å²) in [7, 11) is 0. The summed E-state index contributed by atoms with van der Waals surface area (Å²) in [5.74, 6) is 1.85. The Morgan fingerprint density at radius 3 is 1.70 bits per heavy atom. The molecule has 3 aromatic carbocycles. The first-order valence-electron chi connectivity index (χ1n) is 11.3. The van der Waals surface area contributed by atoms with Crippen LogP contribution in [0.3, 0.4) is 0 Å². The van der Waals surface area contributed by atoms with Crippen LogP contribution in [-0.2, 0) is 16.2 Å². The molecular formula is C29H24N2O2. The molecule has 1 spiro atoms. The van der Waals surface area contributed by atoms with Gasteiger partial charge in [-0.2, -0.15) is 10.5 Å². The monoisotopic (exact) mass is 432 g/mol. The van der Waals surface area contributed by atoms with E-state index in [0.717, 1.165) is 12.8 Å². The zero-order valence-corrected chi connectivity index (χ0v) is 19.2. The van der Waals surface area contributed by atoms with Crippen molar-refractivity contribution in [2.45, 2.75) is 56.8 Å². The topological polar surface area (TPSA) is 66.0 Å². The summed E-state index contributed by atoms with van der Waals surface area (Å²) in [6, 6.07) is 20.6. The Labute approximate surface area is 194 Å². The minimum Gasteiger partial charge on any atom is -0.448 e. The van der Waals surface area contributed by atoms with E-state index in [1.165, 1.54) is 22.3 Å². The fourth-order valence-corrected chi connectivity index (χ4v) is 6.62. The van der Waals surface area contributed by atoms with E-state index < -0.39 is 0 Å². The van der Waals surface area contributed by atoms with Crippen LogP contribution in [0.2, 0.25) is 0 Å². The van der Waals surface area contributed by atoms with Crippen molar-refractivity contribution < 1.29 is 9.47 Å². The van der Waals surface area contributed by atoms with Crippen LogP contribution < -0.4 is 9.47 Å². The highest BCUT2D eigenvalue weighted by atomic mass is 16.6. The maximum atomic E-state index is 9.59. The second kappa shape index (κ2) is 6.18.